The molecule has 27 heavy (non-hydrogen) atoms. The Morgan fingerprint density at radius 1 is 0.852 bits per heavy atom. The van der Waals surface area contributed by atoms with Gasteiger partial charge in [-0.1, -0.05) is 78.9 Å². The number of carbonyl (C=O) groups is 1. The van der Waals surface area contributed by atoms with Gasteiger partial charge in [-0.15, -0.1) is 0 Å². The van der Waals surface area contributed by atoms with Gasteiger partial charge >= 0.3 is 6.03 Å². The molecule has 0 aromatic heterocycles. The van der Waals surface area contributed by atoms with E-state index in [1.165, 1.54) is 0 Å². The molecular formula is C23H24N2O2. The molecule has 2 N–H and O–H groups in total. The Morgan fingerprint density at radius 3 is 2.00 bits per heavy atom. The second-order valence-electron chi connectivity index (χ2n) is 6.22. The molecule has 4 nitrogen and oxygen atoms in total. The van der Waals surface area contributed by atoms with Gasteiger partial charge in [0.15, 0.2) is 0 Å². The van der Waals surface area contributed by atoms with Crippen molar-refractivity contribution in [2.45, 2.75) is 12.5 Å². The average molecular weight is 360 g/mol. The van der Waals surface area contributed by atoms with E-state index in [-0.39, 0.29) is 12.1 Å². The third-order valence-electron chi connectivity index (χ3n) is 4.41. The number of methoxy groups -OCH3 is 1. The first-order valence-electron chi connectivity index (χ1n) is 9.04. The van der Waals surface area contributed by atoms with Crippen molar-refractivity contribution >= 4 is 6.03 Å². The molecule has 0 aliphatic carbocycles. The van der Waals surface area contributed by atoms with Crippen molar-refractivity contribution in [2.75, 3.05) is 13.7 Å². The van der Waals surface area contributed by atoms with Gasteiger partial charge in [-0.25, -0.2) is 4.79 Å². The highest BCUT2D eigenvalue weighted by atomic mass is 16.5. The summed E-state index contributed by atoms with van der Waals surface area (Å²) < 4.78 is 5.35. The molecule has 0 saturated carbocycles. The average Bonchev–Trinajstić information content (AvgIpc) is 2.73. The number of rotatable bonds is 7. The van der Waals surface area contributed by atoms with Crippen molar-refractivity contribution in [3.05, 3.63) is 102 Å². The van der Waals surface area contributed by atoms with E-state index in [0.29, 0.717) is 13.0 Å². The molecule has 3 rings (SSSR count). The second-order valence-corrected chi connectivity index (χ2v) is 6.22. The van der Waals surface area contributed by atoms with E-state index in [9.17, 15) is 4.79 Å². The van der Waals surface area contributed by atoms with Crippen LogP contribution in [0.1, 0.15) is 22.7 Å². The van der Waals surface area contributed by atoms with Crippen molar-refractivity contribution in [1.82, 2.24) is 10.6 Å². The molecule has 0 aliphatic rings. The summed E-state index contributed by atoms with van der Waals surface area (Å²) in [4.78, 5) is 12.5. The van der Waals surface area contributed by atoms with Gasteiger partial charge < -0.3 is 15.4 Å². The number of para-hydroxylation sites is 1. The minimum atomic E-state index is -0.196. The Labute approximate surface area is 160 Å². The first kappa shape index (κ1) is 18.5. The molecule has 0 aliphatic heterocycles. The Hall–Kier alpha value is -3.27. The molecule has 0 unspecified atom stereocenters. The molecule has 0 spiro atoms. The van der Waals surface area contributed by atoms with E-state index in [4.69, 9.17) is 4.74 Å². The maximum atomic E-state index is 12.5. The third-order valence-corrected chi connectivity index (χ3v) is 4.41. The molecule has 3 aromatic rings. The fourth-order valence-electron chi connectivity index (χ4n) is 3.05. The van der Waals surface area contributed by atoms with E-state index in [1.807, 2.05) is 84.9 Å². The highest BCUT2D eigenvalue weighted by Gasteiger charge is 2.16. The van der Waals surface area contributed by atoms with Gasteiger partial charge in [0.25, 0.3) is 0 Å². The van der Waals surface area contributed by atoms with Crippen LogP contribution in [0.15, 0.2) is 84.9 Å². The van der Waals surface area contributed by atoms with Gasteiger partial charge in [-0.2, -0.15) is 0 Å². The van der Waals surface area contributed by atoms with Crippen LogP contribution in [0.4, 0.5) is 4.79 Å². The van der Waals surface area contributed by atoms with Crippen molar-refractivity contribution < 1.29 is 9.53 Å². The summed E-state index contributed by atoms with van der Waals surface area (Å²) in [6.45, 7) is 0.530. The van der Waals surface area contributed by atoms with Crippen LogP contribution in [0.5, 0.6) is 5.75 Å². The van der Waals surface area contributed by atoms with Gasteiger partial charge in [0, 0.05) is 6.54 Å². The van der Waals surface area contributed by atoms with E-state index < -0.39 is 0 Å². The summed E-state index contributed by atoms with van der Waals surface area (Å²) in [6, 6.07) is 27.4. The van der Waals surface area contributed by atoms with Gasteiger partial charge in [0.1, 0.15) is 5.75 Å². The van der Waals surface area contributed by atoms with Gasteiger partial charge in [0.2, 0.25) is 0 Å². The SMILES string of the molecule is COc1ccccc1CCNC(=O)NC(c1ccccc1)c1ccccc1. The first-order valence-corrected chi connectivity index (χ1v) is 9.04. The molecule has 0 bridgehead atoms. The predicted octanol–water partition coefficient (Wildman–Crippen LogP) is 4.33. The molecule has 0 fully saturated rings. The van der Waals surface area contributed by atoms with Crippen LogP contribution in [0.3, 0.4) is 0 Å². The van der Waals surface area contributed by atoms with Crippen LogP contribution in [-0.2, 0) is 6.42 Å². The highest BCUT2D eigenvalue weighted by molar-refractivity contribution is 5.75. The lowest BCUT2D eigenvalue weighted by molar-refractivity contribution is 0.239. The lowest BCUT2D eigenvalue weighted by Crippen LogP contribution is -2.39. The van der Waals surface area contributed by atoms with Gasteiger partial charge in [-0.05, 0) is 29.2 Å². The maximum Gasteiger partial charge on any atom is 0.315 e. The van der Waals surface area contributed by atoms with Crippen LogP contribution >= 0.6 is 0 Å². The van der Waals surface area contributed by atoms with Crippen LogP contribution in [0.25, 0.3) is 0 Å². The Morgan fingerprint density at radius 2 is 1.41 bits per heavy atom. The number of carbonyl (C=O) groups excluding carboxylic acids is 1. The molecule has 0 atom stereocenters. The zero-order valence-electron chi connectivity index (χ0n) is 15.4. The molecule has 0 heterocycles. The summed E-state index contributed by atoms with van der Waals surface area (Å²) in [6.07, 6.45) is 0.707. The fourth-order valence-corrected chi connectivity index (χ4v) is 3.05. The number of urea groups is 1. The minimum absolute atomic E-state index is 0.192. The molecule has 3 aromatic carbocycles. The summed E-state index contributed by atoms with van der Waals surface area (Å²) in [5.74, 6) is 0.839. The highest BCUT2D eigenvalue weighted by Crippen LogP contribution is 2.21. The maximum absolute atomic E-state index is 12.5. The second kappa shape index (κ2) is 9.43. The number of hydrogen-bond acceptors (Lipinski definition) is 2. The fraction of sp³-hybridized carbons (Fsp3) is 0.174. The van der Waals surface area contributed by atoms with Gasteiger partial charge in [0.05, 0.1) is 13.2 Å². The largest absolute Gasteiger partial charge is 0.496 e. The van der Waals surface area contributed by atoms with Crippen LogP contribution in [0.2, 0.25) is 0 Å². The summed E-state index contributed by atoms with van der Waals surface area (Å²) in [7, 11) is 1.66. The lowest BCUT2D eigenvalue weighted by atomic mass is 9.99. The molecule has 4 heteroatoms. The molecule has 0 radical (unpaired) electrons. The summed E-state index contributed by atoms with van der Waals surface area (Å²) >= 11 is 0. The Kier molecular flexibility index (Phi) is 6.47. The molecule has 138 valence electrons. The van der Waals surface area contributed by atoms with E-state index in [0.717, 1.165) is 22.4 Å². The van der Waals surface area contributed by atoms with Crippen LogP contribution in [0, 0.1) is 0 Å². The number of nitrogens with one attached hydrogen (secondary N) is 2. The monoisotopic (exact) mass is 360 g/mol. The molecular weight excluding hydrogens is 336 g/mol. The van der Waals surface area contributed by atoms with Crippen LogP contribution < -0.4 is 15.4 Å². The normalized spacial score (nSPS) is 10.4. The Bertz CT molecular complexity index is 811. The first-order chi connectivity index (χ1) is 13.3. The van der Waals surface area contributed by atoms with Crippen molar-refractivity contribution in [2.24, 2.45) is 0 Å². The summed E-state index contributed by atoms with van der Waals surface area (Å²) in [5.41, 5.74) is 3.16. The van der Waals surface area contributed by atoms with Crippen LogP contribution in [-0.4, -0.2) is 19.7 Å². The van der Waals surface area contributed by atoms with Gasteiger partial charge in [-0.3, -0.25) is 0 Å². The lowest BCUT2D eigenvalue weighted by Gasteiger charge is -2.20. The predicted molar refractivity (Wildman–Crippen MR) is 108 cm³/mol. The zero-order valence-corrected chi connectivity index (χ0v) is 15.4. The third kappa shape index (κ3) is 5.11. The van der Waals surface area contributed by atoms with Crippen molar-refractivity contribution in [3.8, 4) is 5.75 Å². The zero-order chi connectivity index (χ0) is 18.9. The Balaban J connectivity index is 1.63. The standard InChI is InChI=1S/C23H24N2O2/c1-27-21-15-9-8-10-18(21)16-17-24-23(26)25-22(19-11-4-2-5-12-19)20-13-6-3-7-14-20/h2-15,22H,16-17H2,1H3,(H2,24,25,26). The molecule has 2 amide bonds. The quantitative estimate of drug-likeness (QED) is 0.659. The van der Waals surface area contributed by atoms with E-state index in [2.05, 4.69) is 10.6 Å². The van der Waals surface area contributed by atoms with Crippen molar-refractivity contribution in [1.29, 1.82) is 0 Å². The topological polar surface area (TPSA) is 50.4 Å². The van der Waals surface area contributed by atoms with E-state index in [1.54, 1.807) is 7.11 Å². The summed E-state index contributed by atoms with van der Waals surface area (Å²) in [5, 5.41) is 6.03. The smallest absolute Gasteiger partial charge is 0.315 e. The minimum Gasteiger partial charge on any atom is -0.496 e. The number of benzene rings is 3. The number of ether oxygens (including phenoxy) is 1. The number of hydrogen-bond donors (Lipinski definition) is 2. The van der Waals surface area contributed by atoms with Crippen molar-refractivity contribution in [3.63, 3.8) is 0 Å². The molecule has 0 saturated heterocycles. The number of amides is 2. The van der Waals surface area contributed by atoms with E-state index >= 15 is 0 Å².